The maximum Gasteiger partial charge on any atom is 0.0991 e. The molecule has 23 heavy (non-hydrogen) atoms. The van der Waals surface area contributed by atoms with E-state index in [4.69, 9.17) is 10.00 Å². The summed E-state index contributed by atoms with van der Waals surface area (Å²) in [5.74, 6) is 0. The fourth-order valence-corrected chi connectivity index (χ4v) is 3.55. The number of hydrogen-bond donors (Lipinski definition) is 1. The van der Waals surface area contributed by atoms with E-state index in [1.165, 1.54) is 5.56 Å². The van der Waals surface area contributed by atoms with Crippen molar-refractivity contribution in [1.29, 1.82) is 5.26 Å². The second-order valence-corrected chi connectivity index (χ2v) is 6.54. The van der Waals surface area contributed by atoms with E-state index in [2.05, 4.69) is 15.9 Å². The van der Waals surface area contributed by atoms with Crippen LogP contribution in [0.2, 0.25) is 0 Å². The molecule has 0 saturated carbocycles. The van der Waals surface area contributed by atoms with Gasteiger partial charge in [0.2, 0.25) is 0 Å². The van der Waals surface area contributed by atoms with E-state index in [9.17, 15) is 5.11 Å². The molecule has 0 bridgehead atoms. The Balaban J connectivity index is 1.58. The van der Waals surface area contributed by atoms with E-state index in [1.807, 2.05) is 24.3 Å². The van der Waals surface area contributed by atoms with Crippen LogP contribution in [0, 0.1) is 11.3 Å². The number of nitriles is 1. The average Bonchev–Trinajstić information content (AvgIpc) is 2.77. The Hall–Kier alpha value is -1.45. The van der Waals surface area contributed by atoms with Crippen molar-refractivity contribution in [2.24, 2.45) is 0 Å². The summed E-state index contributed by atoms with van der Waals surface area (Å²) in [6, 6.07) is 10.4. The number of nitrogens with zero attached hydrogens (tertiary/aromatic N) is 3. The predicted octanol–water partition coefficient (Wildman–Crippen LogP) is 1.22. The molecule has 3 rings (SSSR count). The largest absolute Gasteiger partial charge is 0.390 e. The number of β-amino-alcohol motifs (C(OH)–C–C–N with tert-alkyl or cyclic N) is 1. The Bertz CT molecular complexity index is 534. The number of aliphatic hydroxyl groups is 1. The third-order valence-corrected chi connectivity index (χ3v) is 4.81. The van der Waals surface area contributed by atoms with Crippen molar-refractivity contribution < 1.29 is 9.84 Å². The maximum atomic E-state index is 10.4. The second-order valence-electron chi connectivity index (χ2n) is 6.54. The van der Waals surface area contributed by atoms with E-state index >= 15 is 0 Å². The van der Waals surface area contributed by atoms with Gasteiger partial charge in [-0.1, -0.05) is 12.1 Å². The van der Waals surface area contributed by atoms with E-state index in [0.717, 1.165) is 52.2 Å². The molecule has 124 valence electrons. The summed E-state index contributed by atoms with van der Waals surface area (Å²) in [7, 11) is 0. The molecule has 1 N–H and O–H groups in total. The Morgan fingerprint density at radius 3 is 2.57 bits per heavy atom. The lowest BCUT2D eigenvalue weighted by Gasteiger charge is -2.33. The molecule has 0 spiro atoms. The van der Waals surface area contributed by atoms with E-state index in [-0.39, 0.29) is 6.10 Å². The van der Waals surface area contributed by atoms with Crippen LogP contribution >= 0.6 is 0 Å². The van der Waals surface area contributed by atoms with E-state index < -0.39 is 0 Å². The van der Waals surface area contributed by atoms with Crippen molar-refractivity contribution in [3.05, 3.63) is 35.4 Å². The van der Waals surface area contributed by atoms with Crippen molar-refractivity contribution in [2.75, 3.05) is 39.4 Å². The molecule has 0 aromatic heterocycles. The van der Waals surface area contributed by atoms with Crippen molar-refractivity contribution in [3.63, 3.8) is 0 Å². The van der Waals surface area contributed by atoms with E-state index in [1.54, 1.807) is 0 Å². The highest BCUT2D eigenvalue weighted by Crippen LogP contribution is 2.18. The molecule has 5 nitrogen and oxygen atoms in total. The molecule has 0 radical (unpaired) electrons. The van der Waals surface area contributed by atoms with Gasteiger partial charge in [-0.3, -0.25) is 9.80 Å². The number of aliphatic hydroxyl groups excluding tert-OH is 1. The Morgan fingerprint density at radius 1 is 1.13 bits per heavy atom. The van der Waals surface area contributed by atoms with Crippen molar-refractivity contribution in [3.8, 4) is 6.07 Å². The highest BCUT2D eigenvalue weighted by Gasteiger charge is 2.27. The van der Waals surface area contributed by atoms with Gasteiger partial charge in [-0.2, -0.15) is 5.26 Å². The van der Waals surface area contributed by atoms with Gasteiger partial charge in [0.05, 0.1) is 17.7 Å². The lowest BCUT2D eigenvalue weighted by Crippen LogP contribution is -2.43. The highest BCUT2D eigenvalue weighted by atomic mass is 16.5. The van der Waals surface area contributed by atoms with Crippen LogP contribution in [0.1, 0.15) is 24.0 Å². The van der Waals surface area contributed by atoms with Gasteiger partial charge in [0, 0.05) is 52.0 Å². The monoisotopic (exact) mass is 315 g/mol. The first-order chi connectivity index (χ1) is 11.2. The van der Waals surface area contributed by atoms with Gasteiger partial charge in [-0.25, -0.2) is 0 Å². The third kappa shape index (κ3) is 4.52. The minimum Gasteiger partial charge on any atom is -0.390 e. The maximum absolute atomic E-state index is 10.4. The molecule has 2 fully saturated rings. The summed E-state index contributed by atoms with van der Waals surface area (Å²) in [6.07, 6.45) is 1.84. The predicted molar refractivity (Wildman–Crippen MR) is 87.9 cm³/mol. The summed E-state index contributed by atoms with van der Waals surface area (Å²) >= 11 is 0. The third-order valence-electron chi connectivity index (χ3n) is 4.81. The standard InChI is InChI=1S/C18H25N3O2/c19-11-15-1-3-16(4-2-15)12-20-7-8-21(14-18(22)13-20)17-5-9-23-10-6-17/h1-4,17-18,22H,5-10,12-14H2/t18-/m0/s1. The highest BCUT2D eigenvalue weighted by molar-refractivity contribution is 5.31. The zero-order valence-corrected chi connectivity index (χ0v) is 13.5. The summed E-state index contributed by atoms with van der Waals surface area (Å²) < 4.78 is 5.45. The fraction of sp³-hybridized carbons (Fsp3) is 0.611. The van der Waals surface area contributed by atoms with Crippen LogP contribution in [0.25, 0.3) is 0 Å². The molecule has 1 aromatic rings. The number of hydrogen-bond acceptors (Lipinski definition) is 5. The topological polar surface area (TPSA) is 59.7 Å². The Morgan fingerprint density at radius 2 is 1.87 bits per heavy atom. The zero-order chi connectivity index (χ0) is 16.1. The van der Waals surface area contributed by atoms with Crippen LogP contribution in [-0.4, -0.2) is 66.4 Å². The Labute approximate surface area is 138 Å². The van der Waals surface area contributed by atoms with E-state index in [0.29, 0.717) is 18.2 Å². The molecule has 2 heterocycles. The molecule has 0 amide bonds. The molecule has 0 unspecified atom stereocenters. The van der Waals surface area contributed by atoms with Crippen molar-refractivity contribution in [2.45, 2.75) is 31.5 Å². The lowest BCUT2D eigenvalue weighted by atomic mass is 10.1. The van der Waals surface area contributed by atoms with Gasteiger partial charge in [-0.05, 0) is 30.5 Å². The zero-order valence-electron chi connectivity index (χ0n) is 13.5. The van der Waals surface area contributed by atoms with Gasteiger partial charge < -0.3 is 9.84 Å². The summed E-state index contributed by atoms with van der Waals surface area (Å²) in [5, 5.41) is 19.2. The first kappa shape index (κ1) is 16.4. The normalized spacial score (nSPS) is 25.0. The van der Waals surface area contributed by atoms with Crippen LogP contribution in [0.15, 0.2) is 24.3 Å². The van der Waals surface area contributed by atoms with Gasteiger partial charge >= 0.3 is 0 Å². The molecule has 1 aromatic carbocycles. The first-order valence-electron chi connectivity index (χ1n) is 8.46. The number of rotatable bonds is 3. The van der Waals surface area contributed by atoms with Crippen LogP contribution in [-0.2, 0) is 11.3 Å². The molecular formula is C18H25N3O2. The first-order valence-corrected chi connectivity index (χ1v) is 8.46. The second kappa shape index (κ2) is 7.89. The Kier molecular flexibility index (Phi) is 5.63. The lowest BCUT2D eigenvalue weighted by molar-refractivity contribution is 0.0217. The molecule has 1 atom stereocenters. The van der Waals surface area contributed by atoms with Gasteiger partial charge in [0.25, 0.3) is 0 Å². The summed E-state index contributed by atoms with van der Waals surface area (Å²) in [5.41, 5.74) is 1.88. The van der Waals surface area contributed by atoms with Crippen LogP contribution in [0.5, 0.6) is 0 Å². The van der Waals surface area contributed by atoms with Gasteiger partial charge in [-0.15, -0.1) is 0 Å². The van der Waals surface area contributed by atoms with Gasteiger partial charge in [0.15, 0.2) is 0 Å². The average molecular weight is 315 g/mol. The molecular weight excluding hydrogens is 290 g/mol. The minimum absolute atomic E-state index is 0.307. The van der Waals surface area contributed by atoms with Crippen molar-refractivity contribution in [1.82, 2.24) is 9.80 Å². The van der Waals surface area contributed by atoms with Crippen LogP contribution in [0.3, 0.4) is 0 Å². The molecule has 2 aliphatic heterocycles. The molecule has 2 saturated heterocycles. The molecule has 5 heteroatoms. The summed E-state index contributed by atoms with van der Waals surface area (Å²) in [6.45, 7) is 5.93. The number of benzene rings is 1. The van der Waals surface area contributed by atoms with Crippen LogP contribution in [0.4, 0.5) is 0 Å². The quantitative estimate of drug-likeness (QED) is 0.909. The number of ether oxygens (including phenoxy) is 1. The minimum atomic E-state index is -0.307. The summed E-state index contributed by atoms with van der Waals surface area (Å²) in [4.78, 5) is 4.75. The fourth-order valence-electron chi connectivity index (χ4n) is 3.55. The van der Waals surface area contributed by atoms with Crippen molar-refractivity contribution >= 4 is 0 Å². The van der Waals surface area contributed by atoms with Crippen LogP contribution < -0.4 is 0 Å². The SMILES string of the molecule is N#Cc1ccc(CN2CCN(C3CCOCC3)C[C@@H](O)C2)cc1. The van der Waals surface area contributed by atoms with Gasteiger partial charge in [0.1, 0.15) is 0 Å². The molecule has 0 aliphatic carbocycles. The smallest absolute Gasteiger partial charge is 0.0991 e. The molecule has 2 aliphatic rings.